The lowest BCUT2D eigenvalue weighted by Crippen LogP contribution is -2.21. The molecule has 3 aromatic heterocycles. The summed E-state index contributed by atoms with van der Waals surface area (Å²) >= 11 is 0. The van der Waals surface area contributed by atoms with Crippen molar-refractivity contribution in [2.45, 2.75) is 33.0 Å². The Hall–Kier alpha value is -2.48. The fourth-order valence-corrected chi connectivity index (χ4v) is 2.07. The Balaban J connectivity index is 1.72. The van der Waals surface area contributed by atoms with E-state index in [2.05, 4.69) is 44.4 Å². The van der Waals surface area contributed by atoms with Gasteiger partial charge in [-0.3, -0.25) is 0 Å². The zero-order chi connectivity index (χ0) is 15.5. The normalized spacial score (nSPS) is 11.5. The fraction of sp³-hybridized carbons (Fsp3) is 0.429. The Labute approximate surface area is 127 Å². The van der Waals surface area contributed by atoms with Crippen LogP contribution >= 0.6 is 0 Å². The van der Waals surface area contributed by atoms with Gasteiger partial charge in [0.1, 0.15) is 12.4 Å². The van der Waals surface area contributed by atoms with E-state index in [1.165, 1.54) is 0 Å². The highest BCUT2D eigenvalue weighted by atomic mass is 16.5. The Morgan fingerprint density at radius 2 is 2.18 bits per heavy atom. The van der Waals surface area contributed by atoms with Crippen molar-refractivity contribution >= 4 is 11.2 Å². The fourth-order valence-electron chi connectivity index (χ4n) is 2.07. The van der Waals surface area contributed by atoms with Crippen LogP contribution in [0.2, 0.25) is 0 Å². The summed E-state index contributed by atoms with van der Waals surface area (Å²) in [6.07, 6.45) is 1.91. The summed E-state index contributed by atoms with van der Waals surface area (Å²) in [5, 5.41) is 11.6. The maximum Gasteiger partial charge on any atom is 0.215 e. The Kier molecular flexibility index (Phi) is 4.01. The summed E-state index contributed by atoms with van der Waals surface area (Å²) in [6.45, 7) is 5.42. The average molecular weight is 301 g/mol. The van der Waals surface area contributed by atoms with Gasteiger partial charge in [0.15, 0.2) is 5.65 Å². The third kappa shape index (κ3) is 3.22. The first-order chi connectivity index (χ1) is 10.6. The highest BCUT2D eigenvalue weighted by molar-refractivity contribution is 5.71. The van der Waals surface area contributed by atoms with Crippen molar-refractivity contribution < 1.29 is 4.74 Å². The number of methoxy groups -OCH3 is 1. The number of ether oxygens (including phenoxy) is 1. The van der Waals surface area contributed by atoms with E-state index in [1.54, 1.807) is 17.9 Å². The van der Waals surface area contributed by atoms with Crippen LogP contribution in [0.15, 0.2) is 18.3 Å². The van der Waals surface area contributed by atoms with Crippen LogP contribution in [0.1, 0.15) is 25.4 Å². The first-order valence-corrected chi connectivity index (χ1v) is 7.16. The van der Waals surface area contributed by atoms with Gasteiger partial charge in [-0.25, -0.2) is 9.67 Å². The molecule has 0 atom stereocenters. The second kappa shape index (κ2) is 6.10. The number of pyridine rings is 1. The van der Waals surface area contributed by atoms with Gasteiger partial charge < -0.3 is 15.0 Å². The van der Waals surface area contributed by atoms with Gasteiger partial charge in [0, 0.05) is 18.7 Å². The second-order valence-corrected chi connectivity index (χ2v) is 5.35. The molecule has 0 aliphatic heterocycles. The van der Waals surface area contributed by atoms with Gasteiger partial charge in [-0.05, 0) is 6.07 Å². The molecule has 0 saturated heterocycles. The topological polar surface area (TPSA) is 93.5 Å². The number of aromatic nitrogens is 6. The van der Waals surface area contributed by atoms with Crippen molar-refractivity contribution in [1.82, 2.24) is 35.3 Å². The number of nitrogens with one attached hydrogen (secondary N) is 2. The summed E-state index contributed by atoms with van der Waals surface area (Å²) in [6, 6.07) is 4.12. The molecule has 2 N–H and O–H groups in total. The number of H-pyrrole nitrogens is 1. The first kappa shape index (κ1) is 14.5. The quantitative estimate of drug-likeness (QED) is 0.708. The van der Waals surface area contributed by atoms with Crippen LogP contribution < -0.4 is 10.1 Å². The van der Waals surface area contributed by atoms with Crippen LogP contribution in [0.25, 0.3) is 11.2 Å². The Bertz CT molecular complexity index is 761. The van der Waals surface area contributed by atoms with Gasteiger partial charge in [-0.2, -0.15) is 4.98 Å². The van der Waals surface area contributed by atoms with Crippen molar-refractivity contribution in [3.63, 3.8) is 0 Å². The molecule has 0 bridgehead atoms. The Morgan fingerprint density at radius 1 is 1.32 bits per heavy atom. The molecule has 0 aromatic carbocycles. The molecule has 0 spiro atoms. The van der Waals surface area contributed by atoms with Crippen LogP contribution in [0.5, 0.6) is 5.88 Å². The third-order valence-corrected chi connectivity index (χ3v) is 3.17. The van der Waals surface area contributed by atoms with E-state index in [-0.39, 0.29) is 0 Å². The van der Waals surface area contributed by atoms with Crippen molar-refractivity contribution in [2.75, 3.05) is 7.11 Å². The average Bonchev–Trinajstić information content (AvgIpc) is 3.10. The van der Waals surface area contributed by atoms with E-state index in [9.17, 15) is 0 Å². The molecule has 0 radical (unpaired) electrons. The molecule has 3 heterocycles. The summed E-state index contributed by atoms with van der Waals surface area (Å²) in [5.74, 6) is 1.33. The molecule has 0 aliphatic carbocycles. The molecule has 0 aliphatic rings. The predicted octanol–water partition coefficient (Wildman–Crippen LogP) is 1.10. The molecule has 0 unspecified atom stereocenters. The SMILES string of the molecule is COc1ccc2[nH]c(Cn3cc(CNC(C)C)nn3)nc2n1. The molecule has 8 heteroatoms. The molecule has 0 saturated carbocycles. The molecule has 116 valence electrons. The number of hydrogen-bond acceptors (Lipinski definition) is 6. The van der Waals surface area contributed by atoms with Crippen LogP contribution in [-0.4, -0.2) is 43.1 Å². The highest BCUT2D eigenvalue weighted by Crippen LogP contribution is 2.14. The van der Waals surface area contributed by atoms with E-state index in [0.717, 1.165) is 17.0 Å². The zero-order valence-electron chi connectivity index (χ0n) is 12.9. The molecular weight excluding hydrogens is 282 g/mol. The smallest absolute Gasteiger partial charge is 0.215 e. The molecule has 3 aromatic rings. The summed E-state index contributed by atoms with van der Waals surface area (Å²) in [7, 11) is 1.59. The van der Waals surface area contributed by atoms with Crippen LogP contribution in [-0.2, 0) is 13.1 Å². The number of fused-ring (bicyclic) bond motifs is 1. The van der Waals surface area contributed by atoms with Crippen LogP contribution in [0.3, 0.4) is 0 Å². The van der Waals surface area contributed by atoms with Gasteiger partial charge >= 0.3 is 0 Å². The van der Waals surface area contributed by atoms with E-state index in [1.807, 2.05) is 12.3 Å². The van der Waals surface area contributed by atoms with Gasteiger partial charge in [0.2, 0.25) is 5.88 Å². The predicted molar refractivity (Wildman–Crippen MR) is 81.5 cm³/mol. The summed E-state index contributed by atoms with van der Waals surface area (Å²) in [5.41, 5.74) is 2.42. The molecule has 8 nitrogen and oxygen atoms in total. The summed E-state index contributed by atoms with van der Waals surface area (Å²) in [4.78, 5) is 12.0. The van der Waals surface area contributed by atoms with Gasteiger partial charge in [-0.1, -0.05) is 19.1 Å². The lowest BCUT2D eigenvalue weighted by atomic mass is 10.3. The number of aromatic amines is 1. The van der Waals surface area contributed by atoms with Crippen molar-refractivity contribution in [1.29, 1.82) is 0 Å². The van der Waals surface area contributed by atoms with Gasteiger partial charge in [0.05, 0.1) is 24.5 Å². The number of nitrogens with zero attached hydrogens (tertiary/aromatic N) is 5. The largest absolute Gasteiger partial charge is 0.481 e. The monoisotopic (exact) mass is 301 g/mol. The van der Waals surface area contributed by atoms with E-state index in [4.69, 9.17) is 4.74 Å². The van der Waals surface area contributed by atoms with Crippen molar-refractivity contribution in [3.05, 3.63) is 29.8 Å². The number of imidazole rings is 1. The molecular formula is C14H19N7O. The summed E-state index contributed by atoms with van der Waals surface area (Å²) < 4.78 is 6.86. The van der Waals surface area contributed by atoms with E-state index >= 15 is 0 Å². The maximum atomic E-state index is 5.10. The van der Waals surface area contributed by atoms with E-state index < -0.39 is 0 Å². The number of hydrogen-bond donors (Lipinski definition) is 2. The standard InChI is InChI=1S/C14H19N7O/c1-9(2)15-6-10-7-21(20-19-10)8-12-16-11-4-5-13(22-3)18-14(11)17-12/h4-5,7,9,15H,6,8H2,1-3H3,(H,16,17,18). The molecule has 0 amide bonds. The first-order valence-electron chi connectivity index (χ1n) is 7.16. The third-order valence-electron chi connectivity index (χ3n) is 3.17. The van der Waals surface area contributed by atoms with Crippen LogP contribution in [0, 0.1) is 0 Å². The highest BCUT2D eigenvalue weighted by Gasteiger charge is 2.08. The minimum Gasteiger partial charge on any atom is -0.481 e. The van der Waals surface area contributed by atoms with Gasteiger partial charge in [0.25, 0.3) is 0 Å². The minimum atomic E-state index is 0.418. The van der Waals surface area contributed by atoms with Crippen molar-refractivity contribution in [2.24, 2.45) is 0 Å². The maximum absolute atomic E-state index is 5.10. The lowest BCUT2D eigenvalue weighted by molar-refractivity contribution is 0.399. The number of rotatable bonds is 6. The minimum absolute atomic E-state index is 0.418. The van der Waals surface area contributed by atoms with Gasteiger partial charge in [-0.15, -0.1) is 5.10 Å². The molecule has 3 rings (SSSR count). The lowest BCUT2D eigenvalue weighted by Gasteiger charge is -2.03. The molecule has 22 heavy (non-hydrogen) atoms. The second-order valence-electron chi connectivity index (χ2n) is 5.35. The van der Waals surface area contributed by atoms with Crippen molar-refractivity contribution in [3.8, 4) is 5.88 Å². The Morgan fingerprint density at radius 3 is 2.95 bits per heavy atom. The van der Waals surface area contributed by atoms with E-state index in [0.29, 0.717) is 30.7 Å². The zero-order valence-corrected chi connectivity index (χ0v) is 12.9. The molecule has 0 fully saturated rings. The van der Waals surface area contributed by atoms with Crippen LogP contribution in [0.4, 0.5) is 0 Å².